The molecule has 0 rings (SSSR count). The Kier molecular flexibility index (Phi) is 16.5. The average molecular weight is 295 g/mol. The molecule has 0 aliphatic carbocycles. The van der Waals surface area contributed by atoms with Crippen LogP contribution >= 0.6 is 0 Å². The van der Waals surface area contributed by atoms with Crippen molar-refractivity contribution in [1.29, 1.82) is 0 Å². The van der Waals surface area contributed by atoms with Gasteiger partial charge in [0.2, 0.25) is 0 Å². The van der Waals surface area contributed by atoms with Crippen LogP contribution in [0.25, 0.3) is 0 Å². The molecule has 0 saturated heterocycles. The highest BCUT2D eigenvalue weighted by Crippen LogP contribution is 1.85. The number of nitrogens with two attached hydrogens (primary N) is 1. The maximum atomic E-state index is 9.12. The number of ether oxygens (including phenoxy) is 5. The second-order valence-corrected chi connectivity index (χ2v) is 4.00. The van der Waals surface area contributed by atoms with Gasteiger partial charge in [0.1, 0.15) is 0 Å². The number of aliphatic hydroxyl groups excluding tert-OH is 1. The van der Waals surface area contributed by atoms with Gasteiger partial charge < -0.3 is 34.5 Å². The van der Waals surface area contributed by atoms with E-state index in [0.717, 1.165) is 0 Å². The van der Waals surface area contributed by atoms with Gasteiger partial charge in [-0.25, -0.2) is 0 Å². The maximum Gasteiger partial charge on any atom is 0.0895 e. The van der Waals surface area contributed by atoms with E-state index in [-0.39, 0.29) is 13.2 Å². The van der Waals surface area contributed by atoms with Gasteiger partial charge in [-0.3, -0.25) is 0 Å². The van der Waals surface area contributed by atoms with E-state index in [1.54, 1.807) is 0 Å². The van der Waals surface area contributed by atoms with E-state index in [4.69, 9.17) is 34.5 Å². The molecule has 20 heavy (non-hydrogen) atoms. The predicted octanol–water partition coefficient (Wildman–Crippen LogP) is -0.591. The molecular formula is C13H29NO6. The van der Waals surface area contributed by atoms with Gasteiger partial charge in [0.25, 0.3) is 0 Å². The van der Waals surface area contributed by atoms with Gasteiger partial charge >= 0.3 is 0 Å². The molecule has 122 valence electrons. The van der Waals surface area contributed by atoms with Gasteiger partial charge in [0, 0.05) is 13.2 Å². The molecule has 0 heterocycles. The van der Waals surface area contributed by atoms with Crippen LogP contribution in [0.5, 0.6) is 0 Å². The van der Waals surface area contributed by atoms with E-state index in [2.05, 4.69) is 0 Å². The summed E-state index contributed by atoms with van der Waals surface area (Å²) in [6, 6.07) is 0. The minimum Gasteiger partial charge on any atom is -0.389 e. The third-order valence-corrected chi connectivity index (χ3v) is 2.27. The van der Waals surface area contributed by atoms with Crippen molar-refractivity contribution in [1.82, 2.24) is 0 Å². The lowest BCUT2D eigenvalue weighted by Crippen LogP contribution is -2.26. The summed E-state index contributed by atoms with van der Waals surface area (Å²) in [5, 5.41) is 9.12. The number of hydrogen-bond acceptors (Lipinski definition) is 7. The second kappa shape index (κ2) is 16.8. The van der Waals surface area contributed by atoms with Crippen molar-refractivity contribution in [2.45, 2.75) is 13.0 Å². The second-order valence-electron chi connectivity index (χ2n) is 4.00. The van der Waals surface area contributed by atoms with Crippen LogP contribution in [0.15, 0.2) is 0 Å². The van der Waals surface area contributed by atoms with E-state index >= 15 is 0 Å². The van der Waals surface area contributed by atoms with Gasteiger partial charge in [-0.2, -0.15) is 0 Å². The molecule has 0 aromatic heterocycles. The van der Waals surface area contributed by atoms with Crippen molar-refractivity contribution < 1.29 is 28.8 Å². The average Bonchev–Trinajstić information content (AvgIpc) is 2.47. The monoisotopic (exact) mass is 295 g/mol. The zero-order valence-electron chi connectivity index (χ0n) is 12.4. The molecule has 0 aliphatic rings. The van der Waals surface area contributed by atoms with Gasteiger partial charge in [-0.15, -0.1) is 0 Å². The molecule has 0 aliphatic heterocycles. The molecule has 0 amide bonds. The first-order valence-electron chi connectivity index (χ1n) is 7.08. The molecule has 0 spiro atoms. The zero-order valence-corrected chi connectivity index (χ0v) is 12.4. The SMILES string of the molecule is CCOCCOCCOCCOCCOCC(O)CN. The molecule has 1 atom stereocenters. The van der Waals surface area contributed by atoms with Crippen LogP contribution in [0.4, 0.5) is 0 Å². The molecule has 0 aromatic carbocycles. The van der Waals surface area contributed by atoms with Crippen LogP contribution in [-0.4, -0.2) is 83.8 Å². The minimum absolute atomic E-state index is 0.210. The first kappa shape index (κ1) is 19.7. The van der Waals surface area contributed by atoms with Crippen LogP contribution < -0.4 is 5.73 Å². The van der Waals surface area contributed by atoms with Crippen molar-refractivity contribution in [2.75, 3.05) is 72.6 Å². The first-order chi connectivity index (χ1) is 9.81. The van der Waals surface area contributed by atoms with E-state index in [9.17, 15) is 0 Å². The number of aliphatic hydroxyl groups is 1. The van der Waals surface area contributed by atoms with Gasteiger partial charge in [0.15, 0.2) is 0 Å². The fraction of sp³-hybridized carbons (Fsp3) is 1.00. The quantitative estimate of drug-likeness (QED) is 0.368. The first-order valence-corrected chi connectivity index (χ1v) is 7.08. The lowest BCUT2D eigenvalue weighted by molar-refractivity contribution is -0.0194. The van der Waals surface area contributed by atoms with Gasteiger partial charge in [0.05, 0.1) is 65.6 Å². The molecule has 7 nitrogen and oxygen atoms in total. The Bertz CT molecular complexity index is 184. The number of hydrogen-bond donors (Lipinski definition) is 2. The van der Waals surface area contributed by atoms with Crippen molar-refractivity contribution in [3.63, 3.8) is 0 Å². The Morgan fingerprint density at radius 2 is 1.15 bits per heavy atom. The predicted molar refractivity (Wildman–Crippen MR) is 74.8 cm³/mol. The smallest absolute Gasteiger partial charge is 0.0895 e. The third-order valence-electron chi connectivity index (χ3n) is 2.27. The molecule has 0 aromatic rings. The third kappa shape index (κ3) is 15.8. The van der Waals surface area contributed by atoms with Crippen molar-refractivity contribution in [2.24, 2.45) is 5.73 Å². The van der Waals surface area contributed by atoms with E-state index in [1.165, 1.54) is 0 Å². The standard InChI is InChI=1S/C13H29NO6/c1-2-16-3-4-17-5-6-18-7-8-19-9-10-20-12-13(15)11-14/h13,15H,2-12,14H2,1H3. The Balaban J connectivity index is 2.96. The Labute approximate surface area is 121 Å². The molecule has 0 bridgehead atoms. The Hall–Kier alpha value is -0.280. The summed E-state index contributed by atoms with van der Waals surface area (Å²) in [5.41, 5.74) is 5.23. The summed E-state index contributed by atoms with van der Waals surface area (Å²) in [5.74, 6) is 0. The van der Waals surface area contributed by atoms with Crippen LogP contribution in [-0.2, 0) is 23.7 Å². The lowest BCUT2D eigenvalue weighted by atomic mass is 10.4. The van der Waals surface area contributed by atoms with Crippen molar-refractivity contribution in [3.8, 4) is 0 Å². The van der Waals surface area contributed by atoms with Gasteiger partial charge in [-0.1, -0.05) is 0 Å². The van der Waals surface area contributed by atoms with Crippen LogP contribution in [0.1, 0.15) is 6.92 Å². The zero-order chi connectivity index (χ0) is 14.9. The summed E-state index contributed by atoms with van der Waals surface area (Å²) in [6.07, 6.45) is -0.596. The van der Waals surface area contributed by atoms with Crippen LogP contribution in [0, 0.1) is 0 Å². The summed E-state index contributed by atoms with van der Waals surface area (Å²) in [7, 11) is 0. The summed E-state index contributed by atoms with van der Waals surface area (Å²) in [4.78, 5) is 0. The summed E-state index contributed by atoms with van der Waals surface area (Å²) in [6.45, 7) is 7.42. The minimum atomic E-state index is -0.596. The van der Waals surface area contributed by atoms with Crippen molar-refractivity contribution >= 4 is 0 Å². The van der Waals surface area contributed by atoms with Crippen LogP contribution in [0.3, 0.4) is 0 Å². The normalized spacial score (nSPS) is 12.8. The molecular weight excluding hydrogens is 266 g/mol. The Morgan fingerprint density at radius 3 is 1.55 bits per heavy atom. The van der Waals surface area contributed by atoms with E-state index < -0.39 is 6.10 Å². The fourth-order valence-corrected chi connectivity index (χ4v) is 1.21. The highest BCUT2D eigenvalue weighted by Gasteiger charge is 1.99. The lowest BCUT2D eigenvalue weighted by Gasteiger charge is -2.09. The summed E-state index contributed by atoms with van der Waals surface area (Å²) >= 11 is 0. The topological polar surface area (TPSA) is 92.4 Å². The molecule has 0 fully saturated rings. The van der Waals surface area contributed by atoms with Crippen LogP contribution in [0.2, 0.25) is 0 Å². The number of rotatable bonds is 16. The van der Waals surface area contributed by atoms with E-state index in [1.807, 2.05) is 6.92 Å². The van der Waals surface area contributed by atoms with E-state index in [0.29, 0.717) is 59.5 Å². The van der Waals surface area contributed by atoms with Crippen molar-refractivity contribution in [3.05, 3.63) is 0 Å². The van der Waals surface area contributed by atoms with Gasteiger partial charge in [-0.05, 0) is 6.92 Å². The molecule has 0 saturated carbocycles. The Morgan fingerprint density at radius 1 is 0.750 bits per heavy atom. The highest BCUT2D eigenvalue weighted by molar-refractivity contribution is 4.51. The summed E-state index contributed by atoms with van der Waals surface area (Å²) < 4.78 is 26.2. The molecule has 0 radical (unpaired) electrons. The fourth-order valence-electron chi connectivity index (χ4n) is 1.21. The highest BCUT2D eigenvalue weighted by atomic mass is 16.6. The molecule has 1 unspecified atom stereocenters. The largest absolute Gasteiger partial charge is 0.389 e. The molecule has 3 N–H and O–H groups in total. The maximum absolute atomic E-state index is 9.12. The molecule has 7 heteroatoms.